The van der Waals surface area contributed by atoms with Crippen LogP contribution in [0.4, 0.5) is 5.82 Å². The Morgan fingerprint density at radius 2 is 1.69 bits per heavy atom. The normalized spacial score (nSPS) is 14.7. The van der Waals surface area contributed by atoms with Gasteiger partial charge in [0.25, 0.3) is 5.56 Å². The predicted octanol–water partition coefficient (Wildman–Crippen LogP) is 3.33. The van der Waals surface area contributed by atoms with Crippen molar-refractivity contribution in [2.75, 3.05) is 31.1 Å². The third-order valence-electron chi connectivity index (χ3n) is 5.56. The van der Waals surface area contributed by atoms with E-state index in [0.717, 1.165) is 48.3 Å². The molecule has 0 unspecified atom stereocenters. The Morgan fingerprint density at radius 3 is 2.53 bits per heavy atom. The van der Waals surface area contributed by atoms with Gasteiger partial charge in [0.15, 0.2) is 0 Å². The molecule has 8 heteroatoms. The van der Waals surface area contributed by atoms with Gasteiger partial charge in [-0.25, -0.2) is 9.97 Å². The van der Waals surface area contributed by atoms with Gasteiger partial charge in [0.05, 0.1) is 29.8 Å². The van der Waals surface area contributed by atoms with Gasteiger partial charge in [0.1, 0.15) is 16.7 Å². The van der Waals surface area contributed by atoms with Crippen molar-refractivity contribution in [2.24, 2.45) is 0 Å². The van der Waals surface area contributed by atoms with Crippen LogP contribution in [0, 0.1) is 0 Å². The van der Waals surface area contributed by atoms with Crippen molar-refractivity contribution in [3.63, 3.8) is 0 Å². The van der Waals surface area contributed by atoms with E-state index in [1.807, 2.05) is 36.7 Å². The lowest BCUT2D eigenvalue weighted by Crippen LogP contribution is -2.46. The number of aromatic amines is 1. The summed E-state index contributed by atoms with van der Waals surface area (Å²) in [6.45, 7) is 4.10. The van der Waals surface area contributed by atoms with Gasteiger partial charge in [-0.1, -0.05) is 42.5 Å². The molecule has 1 aliphatic heterocycles. The van der Waals surface area contributed by atoms with Crippen LogP contribution >= 0.6 is 11.8 Å². The summed E-state index contributed by atoms with van der Waals surface area (Å²) in [7, 11) is 0. The Kier molecular flexibility index (Phi) is 6.13. The summed E-state index contributed by atoms with van der Waals surface area (Å²) < 4.78 is 0. The van der Waals surface area contributed by atoms with E-state index in [0.29, 0.717) is 17.8 Å². The second kappa shape index (κ2) is 9.50. The minimum Gasteiger partial charge on any atom is -0.353 e. The molecule has 0 aliphatic carbocycles. The van der Waals surface area contributed by atoms with Crippen molar-refractivity contribution in [1.29, 1.82) is 0 Å². The molecule has 0 atom stereocenters. The fourth-order valence-corrected chi connectivity index (χ4v) is 4.65. The van der Waals surface area contributed by atoms with E-state index in [-0.39, 0.29) is 5.56 Å². The number of H-pyrrole nitrogens is 1. The van der Waals surface area contributed by atoms with E-state index in [1.165, 1.54) is 5.56 Å². The fraction of sp³-hybridized carbons (Fsp3) is 0.250. The van der Waals surface area contributed by atoms with Crippen molar-refractivity contribution in [3.8, 4) is 0 Å². The topological polar surface area (TPSA) is 78.0 Å². The summed E-state index contributed by atoms with van der Waals surface area (Å²) >= 11 is 1.70. The zero-order valence-electron chi connectivity index (χ0n) is 17.6. The number of benzene rings is 2. The first-order chi connectivity index (χ1) is 15.7. The number of nitrogens with one attached hydrogen (secondary N) is 1. The molecule has 2 aromatic heterocycles. The predicted molar refractivity (Wildman–Crippen MR) is 128 cm³/mol. The molecule has 4 aromatic rings. The second-order valence-electron chi connectivity index (χ2n) is 7.78. The Labute approximate surface area is 190 Å². The van der Waals surface area contributed by atoms with Gasteiger partial charge in [0.2, 0.25) is 0 Å². The van der Waals surface area contributed by atoms with Crippen molar-refractivity contribution in [2.45, 2.75) is 17.3 Å². The minimum atomic E-state index is -0.0793. The minimum absolute atomic E-state index is 0.0793. The quantitative estimate of drug-likeness (QED) is 0.457. The maximum Gasteiger partial charge on any atom is 0.258 e. The van der Waals surface area contributed by atoms with Crippen molar-refractivity contribution >= 4 is 28.5 Å². The van der Waals surface area contributed by atoms with Crippen LogP contribution in [0.2, 0.25) is 0 Å². The zero-order chi connectivity index (χ0) is 21.8. The molecule has 1 saturated heterocycles. The number of nitrogens with zero attached hydrogens (tertiary/aromatic N) is 5. The summed E-state index contributed by atoms with van der Waals surface area (Å²) in [5.41, 5.74) is 1.94. The van der Waals surface area contributed by atoms with Crippen molar-refractivity contribution in [1.82, 2.24) is 24.8 Å². The second-order valence-corrected chi connectivity index (χ2v) is 8.78. The first-order valence-corrected chi connectivity index (χ1v) is 11.7. The van der Waals surface area contributed by atoms with E-state index >= 15 is 0 Å². The molecule has 0 bridgehead atoms. The maximum atomic E-state index is 12.3. The van der Waals surface area contributed by atoms with Gasteiger partial charge in [-0.15, -0.1) is 11.8 Å². The number of fused-ring (bicyclic) bond motifs is 1. The SMILES string of the molecule is O=c1[nH]c(CN2CCN(c3cncc(SCc4ccccc4)n3)CC2)nc2ccccc12. The molecule has 0 amide bonds. The van der Waals surface area contributed by atoms with Crippen LogP contribution in [0.1, 0.15) is 11.4 Å². The molecular weight excluding hydrogens is 420 g/mol. The molecule has 162 valence electrons. The lowest BCUT2D eigenvalue weighted by molar-refractivity contribution is 0.243. The number of anilines is 1. The Balaban J connectivity index is 1.19. The van der Waals surface area contributed by atoms with Crippen LogP contribution in [-0.4, -0.2) is 51.0 Å². The molecule has 0 saturated carbocycles. The summed E-state index contributed by atoms with van der Waals surface area (Å²) in [5, 5.41) is 1.57. The summed E-state index contributed by atoms with van der Waals surface area (Å²) in [6.07, 6.45) is 3.67. The van der Waals surface area contributed by atoms with Crippen LogP contribution in [0.3, 0.4) is 0 Å². The van der Waals surface area contributed by atoms with Crippen LogP contribution in [0.5, 0.6) is 0 Å². The number of hydrogen-bond acceptors (Lipinski definition) is 7. The van der Waals surface area contributed by atoms with Crippen LogP contribution in [-0.2, 0) is 12.3 Å². The van der Waals surface area contributed by atoms with Gasteiger partial charge in [0, 0.05) is 31.9 Å². The standard InChI is InChI=1S/C24H24N6OS/c31-24-19-8-4-5-9-20(19)26-21(27-24)16-29-10-12-30(13-11-29)22-14-25-15-23(28-22)32-17-18-6-2-1-3-7-18/h1-9,14-15H,10-13,16-17H2,(H,26,27,31). The molecular formula is C24H24N6OS. The molecule has 0 radical (unpaired) electrons. The lowest BCUT2D eigenvalue weighted by atomic mass is 10.2. The molecule has 0 spiro atoms. The highest BCUT2D eigenvalue weighted by atomic mass is 32.2. The molecule has 32 heavy (non-hydrogen) atoms. The van der Waals surface area contributed by atoms with Crippen LogP contribution in [0.15, 0.2) is 76.8 Å². The lowest BCUT2D eigenvalue weighted by Gasteiger charge is -2.35. The third kappa shape index (κ3) is 4.81. The highest BCUT2D eigenvalue weighted by Gasteiger charge is 2.19. The number of rotatable bonds is 6. The molecule has 1 aliphatic rings. The smallest absolute Gasteiger partial charge is 0.258 e. The van der Waals surface area contributed by atoms with Gasteiger partial charge in [-0.05, 0) is 17.7 Å². The van der Waals surface area contributed by atoms with Gasteiger partial charge in [-0.3, -0.25) is 14.7 Å². The highest BCUT2D eigenvalue weighted by molar-refractivity contribution is 7.98. The molecule has 5 rings (SSSR count). The number of hydrogen-bond donors (Lipinski definition) is 1. The van der Waals surface area contributed by atoms with E-state index < -0.39 is 0 Å². The summed E-state index contributed by atoms with van der Waals surface area (Å²) in [4.78, 5) is 33.7. The van der Waals surface area contributed by atoms with Crippen LogP contribution < -0.4 is 10.5 Å². The van der Waals surface area contributed by atoms with Crippen LogP contribution in [0.25, 0.3) is 10.9 Å². The highest BCUT2D eigenvalue weighted by Crippen LogP contribution is 2.23. The number of para-hydroxylation sites is 1. The molecule has 2 aromatic carbocycles. The van der Waals surface area contributed by atoms with Gasteiger partial charge < -0.3 is 9.88 Å². The van der Waals surface area contributed by atoms with E-state index in [2.05, 4.69) is 49.0 Å². The zero-order valence-corrected chi connectivity index (χ0v) is 18.5. The average molecular weight is 445 g/mol. The Hall–Kier alpha value is -3.23. The largest absolute Gasteiger partial charge is 0.353 e. The summed E-state index contributed by atoms with van der Waals surface area (Å²) in [6, 6.07) is 17.8. The number of piperazine rings is 1. The summed E-state index contributed by atoms with van der Waals surface area (Å²) in [5.74, 6) is 2.50. The first kappa shape index (κ1) is 20.7. The monoisotopic (exact) mass is 444 g/mol. The van der Waals surface area contributed by atoms with Crippen molar-refractivity contribution in [3.05, 3.63) is 88.7 Å². The van der Waals surface area contributed by atoms with Gasteiger partial charge >= 0.3 is 0 Å². The Morgan fingerprint density at radius 1 is 0.906 bits per heavy atom. The number of thioether (sulfide) groups is 1. The first-order valence-electron chi connectivity index (χ1n) is 10.7. The molecule has 1 fully saturated rings. The average Bonchev–Trinajstić information content (AvgIpc) is 2.84. The van der Waals surface area contributed by atoms with Crippen molar-refractivity contribution < 1.29 is 0 Å². The Bertz CT molecular complexity index is 1250. The molecule has 3 heterocycles. The van der Waals surface area contributed by atoms with E-state index in [9.17, 15) is 4.79 Å². The fourth-order valence-electron chi connectivity index (χ4n) is 3.85. The van der Waals surface area contributed by atoms with E-state index in [1.54, 1.807) is 17.8 Å². The number of aromatic nitrogens is 4. The van der Waals surface area contributed by atoms with Gasteiger partial charge in [-0.2, -0.15) is 0 Å². The molecule has 1 N–H and O–H groups in total. The third-order valence-corrected chi connectivity index (χ3v) is 6.53. The molecule has 7 nitrogen and oxygen atoms in total. The van der Waals surface area contributed by atoms with E-state index in [4.69, 9.17) is 4.98 Å². The maximum absolute atomic E-state index is 12.3.